The predicted molar refractivity (Wildman–Crippen MR) is 75.6 cm³/mol. The summed E-state index contributed by atoms with van der Waals surface area (Å²) in [5.74, 6) is 0. The number of H-pyrrole nitrogens is 1. The Kier molecular flexibility index (Phi) is 3.22. The zero-order valence-electron chi connectivity index (χ0n) is 10.7. The highest BCUT2D eigenvalue weighted by molar-refractivity contribution is 7.13. The molecule has 0 saturated heterocycles. The molecule has 3 rings (SSSR count). The molecule has 2 N–H and O–H groups in total. The van der Waals surface area contributed by atoms with Crippen LogP contribution in [-0.4, -0.2) is 16.7 Å². The van der Waals surface area contributed by atoms with E-state index in [1.165, 1.54) is 29.7 Å². The molecule has 0 radical (unpaired) electrons. The molecule has 0 amide bonds. The fraction of sp³-hybridized carbons (Fsp3) is 0.500. The van der Waals surface area contributed by atoms with Gasteiger partial charge in [0.25, 0.3) is 0 Å². The fourth-order valence-corrected chi connectivity index (χ4v) is 3.29. The van der Waals surface area contributed by atoms with Gasteiger partial charge in [-0.2, -0.15) is 5.10 Å². The van der Waals surface area contributed by atoms with E-state index in [-0.39, 0.29) is 0 Å². The molecule has 2 aromatic heterocycles. The number of nitrogens with one attached hydrogen (secondary N) is 2. The van der Waals surface area contributed by atoms with Crippen molar-refractivity contribution in [1.82, 2.24) is 15.5 Å². The Hall–Kier alpha value is -1.13. The van der Waals surface area contributed by atoms with Crippen molar-refractivity contribution in [2.75, 3.05) is 6.54 Å². The molecule has 1 aliphatic rings. The Labute approximate surface area is 112 Å². The molecule has 2 aromatic rings. The van der Waals surface area contributed by atoms with Gasteiger partial charge in [0.1, 0.15) is 0 Å². The molecule has 2 heterocycles. The summed E-state index contributed by atoms with van der Waals surface area (Å²) < 4.78 is 0. The highest BCUT2D eigenvalue weighted by Gasteiger charge is 2.30. The molecule has 4 heteroatoms. The van der Waals surface area contributed by atoms with Crippen molar-refractivity contribution in [2.24, 2.45) is 5.41 Å². The largest absolute Gasteiger partial charge is 0.312 e. The average molecular weight is 261 g/mol. The van der Waals surface area contributed by atoms with Gasteiger partial charge in [0.15, 0.2) is 0 Å². The molecule has 3 nitrogen and oxygen atoms in total. The lowest BCUT2D eigenvalue weighted by molar-refractivity contribution is 0.156. The van der Waals surface area contributed by atoms with Crippen LogP contribution in [0.2, 0.25) is 0 Å². The maximum absolute atomic E-state index is 4.17. The number of rotatable bonds is 5. The second kappa shape index (κ2) is 4.86. The van der Waals surface area contributed by atoms with Gasteiger partial charge in [0, 0.05) is 18.7 Å². The van der Waals surface area contributed by atoms with Crippen LogP contribution in [-0.2, 0) is 6.54 Å². The number of hydrogen-bond acceptors (Lipinski definition) is 3. The molecule has 0 aliphatic heterocycles. The fourth-order valence-electron chi connectivity index (χ4n) is 2.54. The Bertz CT molecular complexity index is 497. The van der Waals surface area contributed by atoms with E-state index in [1.807, 2.05) is 6.20 Å². The van der Waals surface area contributed by atoms with Crippen molar-refractivity contribution in [3.05, 3.63) is 29.3 Å². The van der Waals surface area contributed by atoms with Gasteiger partial charge in [0.05, 0.1) is 16.8 Å². The van der Waals surface area contributed by atoms with E-state index in [0.717, 1.165) is 18.8 Å². The van der Waals surface area contributed by atoms with Gasteiger partial charge in [-0.25, -0.2) is 0 Å². The average Bonchev–Trinajstić information content (AvgIpc) is 2.96. The Morgan fingerprint density at radius 3 is 3.06 bits per heavy atom. The van der Waals surface area contributed by atoms with Crippen LogP contribution < -0.4 is 5.32 Å². The quantitative estimate of drug-likeness (QED) is 0.866. The zero-order chi connectivity index (χ0) is 12.4. The number of hydrogen-bond donors (Lipinski definition) is 2. The summed E-state index contributed by atoms with van der Waals surface area (Å²) in [5.41, 5.74) is 2.96. The topological polar surface area (TPSA) is 40.7 Å². The first-order valence-electron chi connectivity index (χ1n) is 6.54. The smallest absolute Gasteiger partial charge is 0.0794 e. The van der Waals surface area contributed by atoms with E-state index in [4.69, 9.17) is 0 Å². The number of nitrogens with zero attached hydrogens (tertiary/aromatic N) is 1. The highest BCUT2D eigenvalue weighted by Crippen LogP contribution is 2.39. The summed E-state index contributed by atoms with van der Waals surface area (Å²) in [6, 6.07) is 4.21. The van der Waals surface area contributed by atoms with E-state index < -0.39 is 0 Å². The van der Waals surface area contributed by atoms with Crippen molar-refractivity contribution in [2.45, 2.75) is 32.7 Å². The molecule has 0 unspecified atom stereocenters. The van der Waals surface area contributed by atoms with Crippen LogP contribution in [0.15, 0.2) is 23.7 Å². The summed E-state index contributed by atoms with van der Waals surface area (Å²) in [5, 5.41) is 13.0. The summed E-state index contributed by atoms with van der Waals surface area (Å²) in [4.78, 5) is 1.26. The maximum atomic E-state index is 4.17. The minimum atomic E-state index is 0.535. The third kappa shape index (κ3) is 2.35. The van der Waals surface area contributed by atoms with E-state index in [0.29, 0.717) is 5.41 Å². The van der Waals surface area contributed by atoms with Crippen molar-refractivity contribution in [1.29, 1.82) is 0 Å². The maximum Gasteiger partial charge on any atom is 0.0794 e. The predicted octanol–water partition coefficient (Wildman–Crippen LogP) is 3.42. The van der Waals surface area contributed by atoms with Crippen LogP contribution in [0.5, 0.6) is 0 Å². The second-order valence-corrected chi connectivity index (χ2v) is 6.46. The minimum absolute atomic E-state index is 0.535. The van der Waals surface area contributed by atoms with Crippen molar-refractivity contribution in [3.63, 3.8) is 0 Å². The second-order valence-electron chi connectivity index (χ2n) is 5.52. The van der Waals surface area contributed by atoms with Crippen LogP contribution in [0, 0.1) is 5.41 Å². The molecule has 18 heavy (non-hydrogen) atoms. The molecule has 1 fully saturated rings. The lowest BCUT2D eigenvalue weighted by Crippen LogP contribution is -2.36. The standard InChI is InChI=1S/C14H19N3S/c1-14(5-3-6-14)10-15-8-11-9-16-17-13(11)12-4-2-7-18-12/h2,4,7,9,15H,3,5-6,8,10H2,1H3,(H,16,17). The van der Waals surface area contributed by atoms with E-state index in [2.05, 4.69) is 40.0 Å². The summed E-state index contributed by atoms with van der Waals surface area (Å²) in [7, 11) is 0. The van der Waals surface area contributed by atoms with Crippen LogP contribution in [0.25, 0.3) is 10.6 Å². The highest BCUT2D eigenvalue weighted by atomic mass is 32.1. The molecule has 1 aliphatic carbocycles. The SMILES string of the molecule is CC1(CNCc2cn[nH]c2-c2cccs2)CCC1. The molecular formula is C14H19N3S. The van der Waals surface area contributed by atoms with Gasteiger partial charge in [-0.05, 0) is 29.7 Å². The molecular weight excluding hydrogens is 242 g/mol. The molecule has 1 saturated carbocycles. The minimum Gasteiger partial charge on any atom is -0.312 e. The lowest BCUT2D eigenvalue weighted by atomic mass is 9.70. The summed E-state index contributed by atoms with van der Waals surface area (Å²) >= 11 is 1.75. The Morgan fingerprint density at radius 2 is 2.39 bits per heavy atom. The van der Waals surface area contributed by atoms with Gasteiger partial charge < -0.3 is 5.32 Å². The van der Waals surface area contributed by atoms with Gasteiger partial charge in [-0.15, -0.1) is 11.3 Å². The van der Waals surface area contributed by atoms with Gasteiger partial charge in [-0.1, -0.05) is 19.4 Å². The summed E-state index contributed by atoms with van der Waals surface area (Å²) in [6.07, 6.45) is 6.06. The van der Waals surface area contributed by atoms with Gasteiger partial charge >= 0.3 is 0 Å². The van der Waals surface area contributed by atoms with Crippen LogP contribution in [0.1, 0.15) is 31.7 Å². The molecule has 0 spiro atoms. The van der Waals surface area contributed by atoms with Gasteiger partial charge in [-0.3, -0.25) is 5.10 Å². The Balaban J connectivity index is 1.61. The lowest BCUT2D eigenvalue weighted by Gasteiger charge is -2.38. The first kappa shape index (κ1) is 11.9. The molecule has 0 atom stereocenters. The zero-order valence-corrected chi connectivity index (χ0v) is 11.5. The normalized spacial score (nSPS) is 17.6. The Morgan fingerprint density at radius 1 is 1.50 bits per heavy atom. The number of aromatic nitrogens is 2. The molecule has 0 bridgehead atoms. The van der Waals surface area contributed by atoms with Crippen molar-refractivity contribution >= 4 is 11.3 Å². The number of aromatic amines is 1. The summed E-state index contributed by atoms with van der Waals surface area (Å²) in [6.45, 7) is 4.39. The van der Waals surface area contributed by atoms with Crippen LogP contribution >= 0.6 is 11.3 Å². The monoisotopic (exact) mass is 261 g/mol. The van der Waals surface area contributed by atoms with Crippen molar-refractivity contribution < 1.29 is 0 Å². The first-order valence-corrected chi connectivity index (χ1v) is 7.42. The van der Waals surface area contributed by atoms with Crippen LogP contribution in [0.3, 0.4) is 0 Å². The molecule has 96 valence electrons. The molecule has 0 aromatic carbocycles. The van der Waals surface area contributed by atoms with Crippen molar-refractivity contribution in [3.8, 4) is 10.6 Å². The van der Waals surface area contributed by atoms with E-state index in [1.54, 1.807) is 11.3 Å². The van der Waals surface area contributed by atoms with Crippen LogP contribution in [0.4, 0.5) is 0 Å². The number of thiophene rings is 1. The third-order valence-corrected chi connectivity index (χ3v) is 4.80. The third-order valence-electron chi connectivity index (χ3n) is 3.91. The van der Waals surface area contributed by atoms with Gasteiger partial charge in [0.2, 0.25) is 0 Å². The van der Waals surface area contributed by atoms with E-state index >= 15 is 0 Å². The van der Waals surface area contributed by atoms with E-state index in [9.17, 15) is 0 Å². The first-order chi connectivity index (χ1) is 8.77.